The number of hydrogen-bond acceptors (Lipinski definition) is 5. The van der Waals surface area contributed by atoms with E-state index < -0.39 is 0 Å². The van der Waals surface area contributed by atoms with E-state index >= 15 is 0 Å². The average Bonchev–Trinajstić information content (AvgIpc) is 3.07. The van der Waals surface area contributed by atoms with E-state index in [4.69, 9.17) is 0 Å². The molecule has 3 aromatic rings. The Kier molecular flexibility index (Phi) is 2.96. The third-order valence-electron chi connectivity index (χ3n) is 2.70. The summed E-state index contributed by atoms with van der Waals surface area (Å²) in [5, 5.41) is 9.37. The topological polar surface area (TPSA) is 83.6 Å². The standard InChI is InChI=1S/C12H11N5OS/c1-7(11-14-6-15-17-11)16-12(18)10-5-8-9(19-10)3-2-4-13-8/h2-7H,1H3,(H,16,18)(H,14,15,17). The molecule has 0 aliphatic carbocycles. The van der Waals surface area contributed by atoms with Crippen LogP contribution >= 0.6 is 11.3 Å². The number of carbonyl (C=O) groups is 1. The van der Waals surface area contributed by atoms with Gasteiger partial charge >= 0.3 is 0 Å². The highest BCUT2D eigenvalue weighted by Gasteiger charge is 2.15. The van der Waals surface area contributed by atoms with Crippen LogP contribution in [0.15, 0.2) is 30.7 Å². The molecule has 1 unspecified atom stereocenters. The maximum atomic E-state index is 12.1. The summed E-state index contributed by atoms with van der Waals surface area (Å²) in [4.78, 5) is 21.0. The molecular formula is C12H11N5OS. The lowest BCUT2D eigenvalue weighted by Gasteiger charge is -2.09. The quantitative estimate of drug-likeness (QED) is 0.763. The fraction of sp³-hybridized carbons (Fsp3) is 0.167. The zero-order valence-electron chi connectivity index (χ0n) is 10.1. The predicted octanol–water partition coefficient (Wildman–Crippen LogP) is 1.91. The Hall–Kier alpha value is -2.28. The van der Waals surface area contributed by atoms with Crippen LogP contribution in [-0.2, 0) is 0 Å². The molecule has 0 aliphatic rings. The number of hydrogen-bond donors (Lipinski definition) is 2. The molecule has 7 heteroatoms. The Balaban J connectivity index is 1.80. The molecule has 3 rings (SSSR count). The van der Waals surface area contributed by atoms with Crippen molar-refractivity contribution in [2.45, 2.75) is 13.0 Å². The van der Waals surface area contributed by atoms with Gasteiger partial charge in [0.15, 0.2) is 0 Å². The molecule has 0 fully saturated rings. The predicted molar refractivity (Wildman–Crippen MR) is 71.9 cm³/mol. The number of H-pyrrole nitrogens is 1. The van der Waals surface area contributed by atoms with Gasteiger partial charge in [0.2, 0.25) is 0 Å². The largest absolute Gasteiger partial charge is 0.342 e. The summed E-state index contributed by atoms with van der Waals surface area (Å²) in [6, 6.07) is 5.39. The highest BCUT2D eigenvalue weighted by molar-refractivity contribution is 7.20. The van der Waals surface area contributed by atoms with Gasteiger partial charge in [-0.15, -0.1) is 11.3 Å². The van der Waals surface area contributed by atoms with Gasteiger partial charge in [-0.2, -0.15) is 5.10 Å². The molecule has 0 bridgehead atoms. The van der Waals surface area contributed by atoms with Gasteiger partial charge in [0, 0.05) is 6.20 Å². The second-order valence-electron chi connectivity index (χ2n) is 4.06. The minimum absolute atomic E-state index is 0.132. The Morgan fingerprint density at radius 1 is 1.47 bits per heavy atom. The van der Waals surface area contributed by atoms with Crippen molar-refractivity contribution in [3.8, 4) is 0 Å². The van der Waals surface area contributed by atoms with Gasteiger partial charge in [-0.1, -0.05) is 0 Å². The molecule has 0 saturated carbocycles. The van der Waals surface area contributed by atoms with E-state index in [1.807, 2.05) is 19.1 Å². The molecule has 3 heterocycles. The Morgan fingerprint density at radius 3 is 3.11 bits per heavy atom. The van der Waals surface area contributed by atoms with Gasteiger partial charge in [0.25, 0.3) is 5.91 Å². The lowest BCUT2D eigenvalue weighted by atomic mass is 10.3. The molecule has 2 N–H and O–H groups in total. The number of nitrogens with zero attached hydrogens (tertiary/aromatic N) is 3. The first-order valence-electron chi connectivity index (χ1n) is 5.75. The van der Waals surface area contributed by atoms with Gasteiger partial charge in [0.05, 0.1) is 21.1 Å². The van der Waals surface area contributed by atoms with Crippen molar-refractivity contribution in [1.29, 1.82) is 0 Å². The molecule has 0 aromatic carbocycles. The number of fused-ring (bicyclic) bond motifs is 1. The summed E-state index contributed by atoms with van der Waals surface area (Å²) in [7, 11) is 0. The van der Waals surface area contributed by atoms with E-state index in [1.54, 1.807) is 12.3 Å². The van der Waals surface area contributed by atoms with Gasteiger partial charge < -0.3 is 5.32 Å². The molecule has 0 aliphatic heterocycles. The van der Waals surface area contributed by atoms with Crippen molar-refractivity contribution in [2.24, 2.45) is 0 Å². The van der Waals surface area contributed by atoms with Crippen LogP contribution in [0.1, 0.15) is 28.5 Å². The van der Waals surface area contributed by atoms with E-state index in [2.05, 4.69) is 25.5 Å². The first kappa shape index (κ1) is 11.8. The molecule has 0 saturated heterocycles. The molecule has 96 valence electrons. The summed E-state index contributed by atoms with van der Waals surface area (Å²) in [6.07, 6.45) is 3.13. The maximum absolute atomic E-state index is 12.1. The number of rotatable bonds is 3. The summed E-state index contributed by atoms with van der Waals surface area (Å²) in [5.41, 5.74) is 0.838. The molecule has 6 nitrogen and oxygen atoms in total. The number of pyridine rings is 1. The smallest absolute Gasteiger partial charge is 0.262 e. The van der Waals surface area contributed by atoms with E-state index in [1.165, 1.54) is 17.7 Å². The molecular weight excluding hydrogens is 262 g/mol. The Bertz CT molecular complexity index is 673. The van der Waals surface area contributed by atoms with Crippen molar-refractivity contribution < 1.29 is 4.79 Å². The fourth-order valence-electron chi connectivity index (χ4n) is 1.74. The summed E-state index contributed by atoms with van der Waals surface area (Å²) >= 11 is 1.42. The van der Waals surface area contributed by atoms with Gasteiger partial charge in [-0.05, 0) is 25.1 Å². The van der Waals surface area contributed by atoms with Crippen LogP contribution in [0.3, 0.4) is 0 Å². The SMILES string of the molecule is CC(NC(=O)c1cc2ncccc2s1)c1ncn[nH]1. The third-order valence-corrected chi connectivity index (χ3v) is 3.79. The van der Waals surface area contributed by atoms with Crippen LogP contribution in [-0.4, -0.2) is 26.1 Å². The van der Waals surface area contributed by atoms with Crippen LogP contribution in [0.25, 0.3) is 10.2 Å². The molecule has 19 heavy (non-hydrogen) atoms. The van der Waals surface area contributed by atoms with Gasteiger partial charge in [-0.3, -0.25) is 14.9 Å². The van der Waals surface area contributed by atoms with Crippen molar-refractivity contribution in [3.05, 3.63) is 41.4 Å². The van der Waals surface area contributed by atoms with Crippen LogP contribution in [0.4, 0.5) is 0 Å². The molecule has 0 radical (unpaired) electrons. The Labute approximate surface area is 112 Å². The van der Waals surface area contributed by atoms with E-state index in [-0.39, 0.29) is 11.9 Å². The first-order chi connectivity index (χ1) is 9.24. The lowest BCUT2D eigenvalue weighted by Crippen LogP contribution is -2.26. The van der Waals surface area contributed by atoms with Crippen molar-refractivity contribution in [3.63, 3.8) is 0 Å². The monoisotopic (exact) mass is 273 g/mol. The van der Waals surface area contributed by atoms with Crippen LogP contribution in [0.5, 0.6) is 0 Å². The minimum Gasteiger partial charge on any atom is -0.342 e. The van der Waals surface area contributed by atoms with Crippen molar-refractivity contribution in [1.82, 2.24) is 25.5 Å². The number of aromatic nitrogens is 4. The number of amides is 1. The second kappa shape index (κ2) is 4.77. The summed E-state index contributed by atoms with van der Waals surface area (Å²) in [6.45, 7) is 1.85. The normalized spacial score (nSPS) is 12.5. The zero-order valence-corrected chi connectivity index (χ0v) is 10.9. The van der Waals surface area contributed by atoms with Crippen molar-refractivity contribution >= 4 is 27.5 Å². The number of thiophene rings is 1. The van der Waals surface area contributed by atoms with Crippen molar-refractivity contribution in [2.75, 3.05) is 0 Å². The number of nitrogens with one attached hydrogen (secondary N) is 2. The van der Waals surface area contributed by atoms with E-state index in [9.17, 15) is 4.79 Å². The minimum atomic E-state index is -0.215. The third kappa shape index (κ3) is 2.32. The number of carbonyl (C=O) groups excluding carboxylic acids is 1. The highest BCUT2D eigenvalue weighted by Crippen LogP contribution is 2.23. The lowest BCUT2D eigenvalue weighted by molar-refractivity contribution is 0.0942. The highest BCUT2D eigenvalue weighted by atomic mass is 32.1. The molecule has 3 aromatic heterocycles. The number of aromatic amines is 1. The van der Waals surface area contributed by atoms with Crippen LogP contribution in [0.2, 0.25) is 0 Å². The molecule has 1 amide bonds. The fourth-order valence-corrected chi connectivity index (χ4v) is 2.66. The summed E-state index contributed by atoms with van der Waals surface area (Å²) in [5.74, 6) is 0.500. The first-order valence-corrected chi connectivity index (χ1v) is 6.56. The van der Waals surface area contributed by atoms with Gasteiger partial charge in [0.1, 0.15) is 12.2 Å². The molecule has 0 spiro atoms. The maximum Gasteiger partial charge on any atom is 0.262 e. The van der Waals surface area contributed by atoms with E-state index in [0.717, 1.165) is 10.2 Å². The van der Waals surface area contributed by atoms with E-state index in [0.29, 0.717) is 10.7 Å². The van der Waals surface area contributed by atoms with Crippen LogP contribution in [0, 0.1) is 0 Å². The summed E-state index contributed by atoms with van der Waals surface area (Å²) < 4.78 is 1.000. The van der Waals surface area contributed by atoms with Gasteiger partial charge in [-0.25, -0.2) is 4.98 Å². The molecule has 1 atom stereocenters. The second-order valence-corrected chi connectivity index (χ2v) is 5.15. The zero-order chi connectivity index (χ0) is 13.2. The Morgan fingerprint density at radius 2 is 2.37 bits per heavy atom. The van der Waals surface area contributed by atoms with Crippen LogP contribution < -0.4 is 5.32 Å². The average molecular weight is 273 g/mol.